The molecular formula is C15H20N2O3. The van der Waals surface area contributed by atoms with Crippen molar-refractivity contribution in [2.75, 3.05) is 13.1 Å². The number of benzene rings is 1. The van der Waals surface area contributed by atoms with E-state index in [9.17, 15) is 9.59 Å². The number of amides is 1. The van der Waals surface area contributed by atoms with Gasteiger partial charge in [-0.25, -0.2) is 0 Å². The van der Waals surface area contributed by atoms with E-state index in [-0.39, 0.29) is 24.3 Å². The lowest BCUT2D eigenvalue weighted by Gasteiger charge is -2.26. The number of carboxylic acid groups (broad SMARTS) is 1. The summed E-state index contributed by atoms with van der Waals surface area (Å²) in [5.41, 5.74) is 2.21. The molecule has 3 N–H and O–H groups in total. The number of fused-ring (bicyclic) bond motifs is 1. The molecule has 5 heteroatoms. The third-order valence-corrected chi connectivity index (χ3v) is 3.52. The first kappa shape index (κ1) is 14.5. The lowest BCUT2D eigenvalue weighted by atomic mass is 9.94. The van der Waals surface area contributed by atoms with Crippen LogP contribution in [0.25, 0.3) is 0 Å². The zero-order valence-electron chi connectivity index (χ0n) is 11.6. The molecule has 1 heterocycles. The molecule has 0 saturated heterocycles. The summed E-state index contributed by atoms with van der Waals surface area (Å²) >= 11 is 0. The summed E-state index contributed by atoms with van der Waals surface area (Å²) in [6.07, 6.45) is 0.990. The number of nitrogens with one attached hydrogen (secondary N) is 2. The molecule has 0 saturated carbocycles. The Morgan fingerprint density at radius 1 is 1.45 bits per heavy atom. The van der Waals surface area contributed by atoms with Gasteiger partial charge in [-0.3, -0.25) is 9.59 Å². The predicted octanol–water partition coefficient (Wildman–Crippen LogP) is 1.10. The molecule has 1 aliphatic rings. The number of rotatable bonds is 5. The third-order valence-electron chi connectivity index (χ3n) is 3.52. The molecular weight excluding hydrogens is 256 g/mol. The van der Waals surface area contributed by atoms with Crippen molar-refractivity contribution in [1.82, 2.24) is 10.6 Å². The van der Waals surface area contributed by atoms with Crippen LogP contribution in [-0.2, 0) is 16.0 Å². The standard InChI is InChI=1S/C15H20N2O3/c1-10(8-13(18)19)9-17-15(20)14-12-5-3-2-4-11(12)6-7-16-14/h2-5,10,14,16H,6-9H2,1H3,(H,17,20)(H,18,19). The third kappa shape index (κ3) is 3.57. The van der Waals surface area contributed by atoms with Crippen LogP contribution in [0.15, 0.2) is 24.3 Å². The van der Waals surface area contributed by atoms with Gasteiger partial charge in [0.05, 0.1) is 0 Å². The van der Waals surface area contributed by atoms with Crippen molar-refractivity contribution in [2.45, 2.75) is 25.8 Å². The Labute approximate surface area is 118 Å². The molecule has 20 heavy (non-hydrogen) atoms. The van der Waals surface area contributed by atoms with Crippen molar-refractivity contribution in [2.24, 2.45) is 5.92 Å². The van der Waals surface area contributed by atoms with Crippen LogP contribution in [0.1, 0.15) is 30.5 Å². The van der Waals surface area contributed by atoms with Gasteiger partial charge in [0.15, 0.2) is 0 Å². The molecule has 1 amide bonds. The van der Waals surface area contributed by atoms with Crippen molar-refractivity contribution in [3.05, 3.63) is 35.4 Å². The Hall–Kier alpha value is -1.88. The molecule has 0 fully saturated rings. The van der Waals surface area contributed by atoms with E-state index in [4.69, 9.17) is 5.11 Å². The van der Waals surface area contributed by atoms with Crippen molar-refractivity contribution < 1.29 is 14.7 Å². The highest BCUT2D eigenvalue weighted by Gasteiger charge is 2.25. The van der Waals surface area contributed by atoms with E-state index < -0.39 is 5.97 Å². The van der Waals surface area contributed by atoms with Crippen LogP contribution in [0, 0.1) is 5.92 Å². The lowest BCUT2D eigenvalue weighted by Crippen LogP contribution is -2.42. The van der Waals surface area contributed by atoms with Gasteiger partial charge in [-0.15, -0.1) is 0 Å². The van der Waals surface area contributed by atoms with Crippen LogP contribution in [-0.4, -0.2) is 30.1 Å². The number of hydrogen-bond acceptors (Lipinski definition) is 3. The minimum absolute atomic E-state index is 0.0644. The van der Waals surface area contributed by atoms with Gasteiger partial charge < -0.3 is 15.7 Å². The highest BCUT2D eigenvalue weighted by Crippen LogP contribution is 2.22. The maximum absolute atomic E-state index is 12.2. The molecule has 1 aromatic carbocycles. The van der Waals surface area contributed by atoms with Crippen molar-refractivity contribution in [3.8, 4) is 0 Å². The number of carbonyl (C=O) groups excluding carboxylic acids is 1. The van der Waals surface area contributed by atoms with E-state index in [0.717, 1.165) is 18.5 Å². The molecule has 2 rings (SSSR count). The second-order valence-corrected chi connectivity index (χ2v) is 5.28. The molecule has 2 atom stereocenters. The smallest absolute Gasteiger partial charge is 0.303 e. The highest BCUT2D eigenvalue weighted by atomic mass is 16.4. The van der Waals surface area contributed by atoms with Gasteiger partial charge in [-0.1, -0.05) is 31.2 Å². The van der Waals surface area contributed by atoms with E-state index in [0.29, 0.717) is 6.54 Å². The largest absolute Gasteiger partial charge is 0.481 e. The topological polar surface area (TPSA) is 78.4 Å². The highest BCUT2D eigenvalue weighted by molar-refractivity contribution is 5.84. The zero-order valence-corrected chi connectivity index (χ0v) is 11.6. The van der Waals surface area contributed by atoms with Crippen LogP contribution in [0.4, 0.5) is 0 Å². The first-order chi connectivity index (χ1) is 9.58. The van der Waals surface area contributed by atoms with Gasteiger partial charge >= 0.3 is 5.97 Å². The van der Waals surface area contributed by atoms with Crippen LogP contribution >= 0.6 is 0 Å². The van der Waals surface area contributed by atoms with Crippen LogP contribution in [0.3, 0.4) is 0 Å². The average molecular weight is 276 g/mol. The molecule has 5 nitrogen and oxygen atoms in total. The Morgan fingerprint density at radius 2 is 2.20 bits per heavy atom. The van der Waals surface area contributed by atoms with Gasteiger partial charge in [-0.2, -0.15) is 0 Å². The minimum Gasteiger partial charge on any atom is -0.481 e. The number of hydrogen-bond donors (Lipinski definition) is 3. The normalized spacial score (nSPS) is 18.9. The Morgan fingerprint density at radius 3 is 2.95 bits per heavy atom. The average Bonchev–Trinajstić information content (AvgIpc) is 2.43. The fourth-order valence-corrected chi connectivity index (χ4v) is 2.49. The molecule has 0 spiro atoms. The van der Waals surface area contributed by atoms with Crippen LogP contribution in [0.2, 0.25) is 0 Å². The first-order valence-electron chi connectivity index (χ1n) is 6.88. The van der Waals surface area contributed by atoms with Gasteiger partial charge in [-0.05, 0) is 23.5 Å². The Bertz CT molecular complexity index is 502. The summed E-state index contributed by atoms with van der Waals surface area (Å²) in [5, 5.41) is 14.7. The molecule has 1 aliphatic heterocycles. The summed E-state index contributed by atoms with van der Waals surface area (Å²) in [5.74, 6) is -1.00. The molecule has 108 valence electrons. The second kappa shape index (κ2) is 6.52. The molecule has 1 aromatic rings. The second-order valence-electron chi connectivity index (χ2n) is 5.28. The van der Waals surface area contributed by atoms with Crippen LogP contribution < -0.4 is 10.6 Å². The van der Waals surface area contributed by atoms with Crippen molar-refractivity contribution in [1.29, 1.82) is 0 Å². The maximum Gasteiger partial charge on any atom is 0.303 e. The maximum atomic E-state index is 12.2. The van der Waals surface area contributed by atoms with Gasteiger partial charge in [0.25, 0.3) is 0 Å². The van der Waals surface area contributed by atoms with E-state index in [1.54, 1.807) is 0 Å². The summed E-state index contributed by atoms with van der Waals surface area (Å²) in [6, 6.07) is 7.58. The van der Waals surface area contributed by atoms with E-state index in [2.05, 4.69) is 10.6 Å². The monoisotopic (exact) mass is 276 g/mol. The Kier molecular flexibility index (Phi) is 4.74. The fraction of sp³-hybridized carbons (Fsp3) is 0.467. The van der Waals surface area contributed by atoms with Gasteiger partial charge in [0.1, 0.15) is 6.04 Å². The fourth-order valence-electron chi connectivity index (χ4n) is 2.49. The lowest BCUT2D eigenvalue weighted by molar-refractivity contribution is -0.138. The molecule has 0 aromatic heterocycles. The first-order valence-corrected chi connectivity index (χ1v) is 6.88. The molecule has 2 unspecified atom stereocenters. The molecule has 0 bridgehead atoms. The minimum atomic E-state index is -0.840. The molecule has 0 radical (unpaired) electrons. The summed E-state index contributed by atoms with van der Waals surface area (Å²) in [6.45, 7) is 2.97. The quantitative estimate of drug-likeness (QED) is 0.752. The zero-order chi connectivity index (χ0) is 14.5. The van der Waals surface area contributed by atoms with E-state index >= 15 is 0 Å². The van der Waals surface area contributed by atoms with Crippen LogP contribution in [0.5, 0.6) is 0 Å². The number of carbonyl (C=O) groups is 2. The Balaban J connectivity index is 1.95. The van der Waals surface area contributed by atoms with Crippen molar-refractivity contribution in [3.63, 3.8) is 0 Å². The summed E-state index contributed by atoms with van der Waals surface area (Å²) in [7, 11) is 0. The predicted molar refractivity (Wildman–Crippen MR) is 75.3 cm³/mol. The van der Waals surface area contributed by atoms with Crippen molar-refractivity contribution >= 4 is 11.9 Å². The molecule has 0 aliphatic carbocycles. The SMILES string of the molecule is CC(CNC(=O)C1NCCc2ccccc21)CC(=O)O. The summed E-state index contributed by atoms with van der Waals surface area (Å²) in [4.78, 5) is 22.8. The van der Waals surface area contributed by atoms with Gasteiger partial charge in [0, 0.05) is 19.5 Å². The summed E-state index contributed by atoms with van der Waals surface area (Å²) < 4.78 is 0. The van der Waals surface area contributed by atoms with E-state index in [1.165, 1.54) is 5.56 Å². The number of carboxylic acids is 1. The number of aliphatic carboxylic acids is 1. The van der Waals surface area contributed by atoms with Gasteiger partial charge in [0.2, 0.25) is 5.91 Å². The van der Waals surface area contributed by atoms with E-state index in [1.807, 2.05) is 31.2 Å².